The first-order valence-electron chi connectivity index (χ1n) is 3.93. The zero-order valence-corrected chi connectivity index (χ0v) is 8.87. The maximum atomic E-state index is 11.2. The highest BCUT2D eigenvalue weighted by atomic mass is 16.6. The molecule has 0 atom stereocenters. The first kappa shape index (κ1) is 14.1. The molecule has 9 nitrogen and oxygen atoms in total. The van der Waals surface area contributed by atoms with Gasteiger partial charge in [0.25, 0.3) is 0 Å². The molecular formula is C8H6N5O4. The van der Waals surface area contributed by atoms with Crippen LogP contribution >= 0.6 is 0 Å². The lowest BCUT2D eigenvalue weighted by atomic mass is 10.3. The maximum absolute atomic E-state index is 11.2. The van der Waals surface area contributed by atoms with Crippen molar-refractivity contribution in [3.63, 3.8) is 0 Å². The van der Waals surface area contributed by atoms with Gasteiger partial charge in [0.2, 0.25) is 11.4 Å². The zero-order valence-electron chi connectivity index (χ0n) is 8.87. The number of hydrogen-bond donors (Lipinski definition) is 0. The van der Waals surface area contributed by atoms with Crippen LogP contribution in [-0.2, 0) is 19.3 Å². The number of carbonyl (C=O) groups excluding carboxylic acids is 2. The first-order chi connectivity index (χ1) is 8.10. The van der Waals surface area contributed by atoms with Crippen molar-refractivity contribution in [3.05, 3.63) is 0 Å². The van der Waals surface area contributed by atoms with Crippen LogP contribution in [-0.4, -0.2) is 37.5 Å². The number of amides is 2. The van der Waals surface area contributed by atoms with Crippen molar-refractivity contribution < 1.29 is 19.3 Å². The molecule has 0 bridgehead atoms. The molecule has 2 amide bonds. The van der Waals surface area contributed by atoms with Gasteiger partial charge in [-0.05, 0) is 0 Å². The summed E-state index contributed by atoms with van der Waals surface area (Å²) in [5.41, 5.74) is -1.45. The van der Waals surface area contributed by atoms with Crippen LogP contribution in [0.25, 0.3) is 0 Å². The normalized spacial score (nSPS) is 10.8. The summed E-state index contributed by atoms with van der Waals surface area (Å²) < 4.78 is 0. The second kappa shape index (κ2) is 7.36. The minimum Gasteiger partial charge on any atom is -0.398 e. The molecule has 0 aliphatic rings. The molecule has 1 radical (unpaired) electrons. The van der Waals surface area contributed by atoms with Crippen molar-refractivity contribution >= 4 is 23.2 Å². The number of oxime groups is 2. The fourth-order valence-electron chi connectivity index (χ4n) is 0.595. The molecule has 0 aliphatic carbocycles. The molecule has 0 heterocycles. The van der Waals surface area contributed by atoms with Crippen molar-refractivity contribution in [2.75, 3.05) is 14.2 Å². The van der Waals surface area contributed by atoms with Crippen molar-refractivity contribution in [1.82, 2.24) is 5.32 Å². The molecule has 0 saturated carbocycles. The van der Waals surface area contributed by atoms with Crippen molar-refractivity contribution in [2.24, 2.45) is 10.3 Å². The standard InChI is InChI=1S/C8H6N5O4/c1-16-12-5(3-9)7(14)11-8(15)6(4-10)13-17-2/h1-2H3/b12-5-,13-6-. The summed E-state index contributed by atoms with van der Waals surface area (Å²) in [6, 6.07) is 2.75. The summed E-state index contributed by atoms with van der Waals surface area (Å²) in [6.07, 6.45) is 0. The molecule has 0 saturated heterocycles. The molecule has 0 aromatic rings. The molecular weight excluding hydrogens is 230 g/mol. The van der Waals surface area contributed by atoms with Gasteiger partial charge < -0.3 is 9.68 Å². The predicted molar refractivity (Wildman–Crippen MR) is 52.3 cm³/mol. The van der Waals surface area contributed by atoms with Gasteiger partial charge in [0.1, 0.15) is 26.4 Å². The highest BCUT2D eigenvalue weighted by Gasteiger charge is 2.22. The molecule has 0 N–H and O–H groups in total. The zero-order chi connectivity index (χ0) is 13.3. The van der Waals surface area contributed by atoms with Gasteiger partial charge in [-0.1, -0.05) is 10.3 Å². The monoisotopic (exact) mass is 236 g/mol. The number of imide groups is 1. The summed E-state index contributed by atoms with van der Waals surface area (Å²) >= 11 is 0. The Balaban J connectivity index is 4.78. The largest absolute Gasteiger partial charge is 0.398 e. The smallest absolute Gasteiger partial charge is 0.313 e. The topological polar surface area (TPSA) is 139 Å². The van der Waals surface area contributed by atoms with E-state index in [4.69, 9.17) is 10.5 Å². The Bertz CT molecular complexity index is 412. The van der Waals surface area contributed by atoms with E-state index < -0.39 is 23.2 Å². The van der Waals surface area contributed by atoms with E-state index >= 15 is 0 Å². The van der Waals surface area contributed by atoms with E-state index in [0.29, 0.717) is 0 Å². The molecule has 0 rings (SSSR count). The Kier molecular flexibility index (Phi) is 6.09. The van der Waals surface area contributed by atoms with Gasteiger partial charge in [-0.15, -0.1) is 0 Å². The molecule has 0 aromatic heterocycles. The molecule has 0 unspecified atom stereocenters. The lowest BCUT2D eigenvalue weighted by Gasteiger charge is -1.96. The SMILES string of the molecule is CO/N=C(/C#N)C(=O)[N]C(=O)/C(C#N)=N\OC. The van der Waals surface area contributed by atoms with Crippen molar-refractivity contribution in [3.8, 4) is 12.1 Å². The van der Waals surface area contributed by atoms with Gasteiger partial charge in [-0.3, -0.25) is 9.59 Å². The Morgan fingerprint density at radius 1 is 0.941 bits per heavy atom. The van der Waals surface area contributed by atoms with Crippen LogP contribution in [0, 0.1) is 22.7 Å². The van der Waals surface area contributed by atoms with Gasteiger partial charge in [0.15, 0.2) is 0 Å². The average molecular weight is 236 g/mol. The third-order valence-electron chi connectivity index (χ3n) is 1.19. The molecule has 87 valence electrons. The summed E-state index contributed by atoms with van der Waals surface area (Å²) in [5, 5.41) is 25.9. The molecule has 0 fully saturated rings. The molecule has 0 spiro atoms. The number of hydrogen-bond acceptors (Lipinski definition) is 8. The van der Waals surface area contributed by atoms with Crippen molar-refractivity contribution in [1.29, 1.82) is 10.5 Å². The minimum atomic E-state index is -1.24. The maximum Gasteiger partial charge on any atom is 0.313 e. The summed E-state index contributed by atoms with van der Waals surface area (Å²) in [4.78, 5) is 30.7. The number of rotatable bonds is 4. The van der Waals surface area contributed by atoms with Crippen LogP contribution in [0.15, 0.2) is 10.3 Å². The van der Waals surface area contributed by atoms with E-state index in [1.54, 1.807) is 0 Å². The van der Waals surface area contributed by atoms with Crippen LogP contribution in [0.1, 0.15) is 0 Å². The fourth-order valence-corrected chi connectivity index (χ4v) is 0.595. The summed E-state index contributed by atoms with van der Waals surface area (Å²) in [6.45, 7) is 0. The second-order valence-electron chi connectivity index (χ2n) is 2.19. The average Bonchev–Trinajstić information content (AvgIpc) is 2.32. The van der Waals surface area contributed by atoms with Gasteiger partial charge >= 0.3 is 11.8 Å². The Morgan fingerprint density at radius 3 is 1.53 bits per heavy atom. The Labute approximate surface area is 95.9 Å². The predicted octanol–water partition coefficient (Wildman–Crippen LogP) is -1.30. The minimum absolute atomic E-state index is 0.726. The Morgan fingerprint density at radius 2 is 1.29 bits per heavy atom. The Hall–Kier alpha value is -2.94. The van der Waals surface area contributed by atoms with E-state index in [1.807, 2.05) is 0 Å². The molecule has 0 aliphatic heterocycles. The lowest BCUT2D eigenvalue weighted by molar-refractivity contribution is -0.123. The van der Waals surface area contributed by atoms with Gasteiger partial charge in [-0.2, -0.15) is 15.8 Å². The lowest BCUT2D eigenvalue weighted by Crippen LogP contribution is -2.33. The van der Waals surface area contributed by atoms with E-state index in [2.05, 4.69) is 25.3 Å². The number of nitriles is 2. The van der Waals surface area contributed by atoms with Crippen LogP contribution in [0.4, 0.5) is 0 Å². The molecule has 17 heavy (non-hydrogen) atoms. The third kappa shape index (κ3) is 4.40. The highest BCUT2D eigenvalue weighted by Crippen LogP contribution is 1.85. The van der Waals surface area contributed by atoms with E-state index in [9.17, 15) is 9.59 Å². The van der Waals surface area contributed by atoms with Crippen LogP contribution < -0.4 is 5.32 Å². The van der Waals surface area contributed by atoms with E-state index in [1.165, 1.54) is 12.1 Å². The van der Waals surface area contributed by atoms with Crippen LogP contribution in [0.3, 0.4) is 0 Å². The van der Waals surface area contributed by atoms with Crippen LogP contribution in [0.5, 0.6) is 0 Å². The highest BCUT2D eigenvalue weighted by molar-refractivity contribution is 6.54. The van der Waals surface area contributed by atoms with Gasteiger partial charge in [0, 0.05) is 0 Å². The number of carbonyl (C=O) groups is 2. The fraction of sp³-hybridized carbons (Fsp3) is 0.250. The molecule has 0 aromatic carbocycles. The first-order valence-corrected chi connectivity index (χ1v) is 3.93. The molecule has 9 heteroatoms. The quantitative estimate of drug-likeness (QED) is 0.438. The summed E-state index contributed by atoms with van der Waals surface area (Å²) in [7, 11) is 2.22. The summed E-state index contributed by atoms with van der Waals surface area (Å²) in [5.74, 6) is -2.48. The van der Waals surface area contributed by atoms with Crippen LogP contribution in [0.2, 0.25) is 0 Å². The van der Waals surface area contributed by atoms with Gasteiger partial charge in [0.05, 0.1) is 0 Å². The van der Waals surface area contributed by atoms with E-state index in [-0.39, 0.29) is 0 Å². The number of nitrogens with zero attached hydrogens (tertiary/aromatic N) is 5. The van der Waals surface area contributed by atoms with Crippen molar-refractivity contribution in [2.45, 2.75) is 0 Å². The van der Waals surface area contributed by atoms with E-state index in [0.717, 1.165) is 14.2 Å². The second-order valence-corrected chi connectivity index (χ2v) is 2.19. The third-order valence-corrected chi connectivity index (χ3v) is 1.19. The van der Waals surface area contributed by atoms with Gasteiger partial charge in [-0.25, -0.2) is 0 Å².